The van der Waals surface area contributed by atoms with Crippen LogP contribution in [-0.4, -0.2) is 28.0 Å². The molecule has 0 N–H and O–H groups in total. The lowest BCUT2D eigenvalue weighted by atomic mass is 10.1. The lowest BCUT2D eigenvalue weighted by molar-refractivity contribution is -0.128. The Labute approximate surface area is 97.0 Å². The van der Waals surface area contributed by atoms with Crippen LogP contribution in [0.1, 0.15) is 18.3 Å². The molecule has 0 aromatic carbocycles. The molecular formula is C10H11ClN2O3. The maximum absolute atomic E-state index is 11.7. The van der Waals surface area contributed by atoms with Gasteiger partial charge in [-0.2, -0.15) is 0 Å². The van der Waals surface area contributed by atoms with E-state index in [1.165, 1.54) is 12.3 Å². The van der Waals surface area contributed by atoms with E-state index >= 15 is 0 Å². The predicted octanol–water partition coefficient (Wildman–Crippen LogP) is 0.511. The van der Waals surface area contributed by atoms with E-state index in [0.717, 1.165) is 18.7 Å². The van der Waals surface area contributed by atoms with Gasteiger partial charge in [-0.05, 0) is 6.42 Å². The maximum Gasteiger partial charge on any atom is 0.293 e. The van der Waals surface area contributed by atoms with E-state index in [0.29, 0.717) is 6.47 Å². The van der Waals surface area contributed by atoms with Crippen LogP contribution in [0.25, 0.3) is 0 Å². The van der Waals surface area contributed by atoms with E-state index in [9.17, 15) is 9.59 Å². The monoisotopic (exact) mass is 242 g/mol. The summed E-state index contributed by atoms with van der Waals surface area (Å²) in [6.07, 6.45) is 2.98. The van der Waals surface area contributed by atoms with Crippen LogP contribution in [0.4, 0.5) is 0 Å². The molecular weight excluding hydrogens is 232 g/mol. The van der Waals surface area contributed by atoms with Gasteiger partial charge in [0, 0.05) is 18.7 Å². The molecule has 0 saturated carbocycles. The molecule has 5 nitrogen and oxygen atoms in total. The normalized spacial score (nSPS) is 20.2. The standard InChI is InChI=1S/C10H11ClN2O3/c11-7(5-16-6-14)8-1-2-9-12-4-3-10(15)13(8)9/h3-4,6-8H,1-2,5H2. The number of alkyl halides is 1. The highest BCUT2D eigenvalue weighted by atomic mass is 35.5. The molecule has 2 heterocycles. The third-order valence-corrected chi connectivity index (χ3v) is 3.11. The minimum Gasteiger partial charge on any atom is -0.466 e. The number of ether oxygens (including phenoxy) is 1. The van der Waals surface area contributed by atoms with Crippen LogP contribution in [0, 0.1) is 0 Å². The van der Waals surface area contributed by atoms with Crippen LogP contribution >= 0.6 is 11.6 Å². The molecule has 0 radical (unpaired) electrons. The number of halogens is 1. The van der Waals surface area contributed by atoms with Crippen molar-refractivity contribution in [2.75, 3.05) is 6.61 Å². The first-order chi connectivity index (χ1) is 7.74. The summed E-state index contributed by atoms with van der Waals surface area (Å²) in [5, 5.41) is -0.395. The summed E-state index contributed by atoms with van der Waals surface area (Å²) in [6, 6.07) is 1.27. The Morgan fingerprint density at radius 1 is 1.75 bits per heavy atom. The number of aromatic nitrogens is 2. The second-order valence-corrected chi connectivity index (χ2v) is 4.18. The number of carbonyl (C=O) groups excluding carboxylic acids is 1. The molecule has 0 saturated heterocycles. The molecule has 16 heavy (non-hydrogen) atoms. The average molecular weight is 243 g/mol. The Bertz CT molecular complexity index is 446. The summed E-state index contributed by atoms with van der Waals surface area (Å²) in [6.45, 7) is 0.466. The molecule has 0 fully saturated rings. The molecule has 0 aliphatic carbocycles. The van der Waals surface area contributed by atoms with Gasteiger partial charge in [-0.25, -0.2) is 4.98 Å². The molecule has 2 atom stereocenters. The van der Waals surface area contributed by atoms with Gasteiger partial charge in [0.15, 0.2) is 0 Å². The molecule has 86 valence electrons. The van der Waals surface area contributed by atoms with Crippen molar-refractivity contribution in [3.05, 3.63) is 28.4 Å². The summed E-state index contributed by atoms with van der Waals surface area (Å²) >= 11 is 6.09. The van der Waals surface area contributed by atoms with Gasteiger partial charge in [0.05, 0.1) is 11.4 Å². The van der Waals surface area contributed by atoms with E-state index in [1.807, 2.05) is 0 Å². The Hall–Kier alpha value is -1.36. The third-order valence-electron chi connectivity index (χ3n) is 2.69. The smallest absolute Gasteiger partial charge is 0.293 e. The van der Waals surface area contributed by atoms with Crippen LogP contribution in [0.5, 0.6) is 0 Å². The van der Waals surface area contributed by atoms with E-state index in [1.54, 1.807) is 4.57 Å². The maximum atomic E-state index is 11.7. The van der Waals surface area contributed by atoms with Crippen molar-refractivity contribution in [2.45, 2.75) is 24.3 Å². The first kappa shape index (κ1) is 11.1. The zero-order valence-electron chi connectivity index (χ0n) is 8.51. The Morgan fingerprint density at radius 2 is 2.56 bits per heavy atom. The van der Waals surface area contributed by atoms with Crippen LogP contribution in [-0.2, 0) is 16.0 Å². The van der Waals surface area contributed by atoms with Gasteiger partial charge in [-0.1, -0.05) is 0 Å². The molecule has 0 bridgehead atoms. The van der Waals surface area contributed by atoms with Gasteiger partial charge in [-0.15, -0.1) is 11.6 Å². The van der Waals surface area contributed by atoms with Crippen LogP contribution < -0.4 is 5.56 Å². The molecule has 2 rings (SSSR count). The SMILES string of the molecule is O=COCC(Cl)C1CCc2nccc(=O)n21. The van der Waals surface area contributed by atoms with Crippen molar-refractivity contribution >= 4 is 18.1 Å². The topological polar surface area (TPSA) is 61.2 Å². The Kier molecular flexibility index (Phi) is 3.24. The van der Waals surface area contributed by atoms with Gasteiger partial charge in [0.25, 0.3) is 12.0 Å². The molecule has 1 aliphatic rings. The van der Waals surface area contributed by atoms with Gasteiger partial charge in [0.1, 0.15) is 12.4 Å². The highest BCUT2D eigenvalue weighted by Crippen LogP contribution is 2.28. The van der Waals surface area contributed by atoms with E-state index in [4.69, 9.17) is 11.6 Å². The zero-order valence-corrected chi connectivity index (χ0v) is 9.26. The minimum atomic E-state index is -0.395. The van der Waals surface area contributed by atoms with Crippen LogP contribution in [0.3, 0.4) is 0 Å². The third kappa shape index (κ3) is 1.95. The molecule has 0 amide bonds. The minimum absolute atomic E-state index is 0.107. The lowest BCUT2D eigenvalue weighted by Gasteiger charge is -2.18. The molecule has 2 unspecified atom stereocenters. The first-order valence-electron chi connectivity index (χ1n) is 5.00. The largest absolute Gasteiger partial charge is 0.466 e. The highest BCUT2D eigenvalue weighted by Gasteiger charge is 2.30. The lowest BCUT2D eigenvalue weighted by Crippen LogP contribution is -2.30. The van der Waals surface area contributed by atoms with Crippen molar-refractivity contribution < 1.29 is 9.53 Å². The van der Waals surface area contributed by atoms with Gasteiger partial charge in [-0.3, -0.25) is 14.2 Å². The zero-order chi connectivity index (χ0) is 11.5. The summed E-state index contributed by atoms with van der Waals surface area (Å²) in [4.78, 5) is 25.9. The van der Waals surface area contributed by atoms with Gasteiger partial charge >= 0.3 is 0 Å². The van der Waals surface area contributed by atoms with Crippen molar-refractivity contribution in [2.24, 2.45) is 0 Å². The highest BCUT2D eigenvalue weighted by molar-refractivity contribution is 6.21. The van der Waals surface area contributed by atoms with Crippen molar-refractivity contribution in [3.8, 4) is 0 Å². The number of rotatable bonds is 4. The van der Waals surface area contributed by atoms with E-state index in [-0.39, 0.29) is 18.2 Å². The molecule has 6 heteroatoms. The first-order valence-corrected chi connectivity index (χ1v) is 5.43. The molecule has 1 aliphatic heterocycles. The summed E-state index contributed by atoms with van der Waals surface area (Å²) in [5.41, 5.74) is -0.107. The predicted molar refractivity (Wildman–Crippen MR) is 57.5 cm³/mol. The van der Waals surface area contributed by atoms with Crippen LogP contribution in [0.2, 0.25) is 0 Å². The van der Waals surface area contributed by atoms with Crippen molar-refractivity contribution in [1.82, 2.24) is 9.55 Å². The number of aryl methyl sites for hydroxylation is 1. The Balaban J connectivity index is 2.22. The number of hydrogen-bond donors (Lipinski definition) is 0. The second-order valence-electron chi connectivity index (χ2n) is 3.62. The van der Waals surface area contributed by atoms with Gasteiger partial charge in [0.2, 0.25) is 0 Å². The average Bonchev–Trinajstić information content (AvgIpc) is 2.71. The fourth-order valence-electron chi connectivity index (χ4n) is 1.99. The van der Waals surface area contributed by atoms with Crippen molar-refractivity contribution in [1.29, 1.82) is 0 Å². The molecule has 0 spiro atoms. The fraction of sp³-hybridized carbons (Fsp3) is 0.500. The van der Waals surface area contributed by atoms with Crippen LogP contribution in [0.15, 0.2) is 17.1 Å². The summed E-state index contributed by atoms with van der Waals surface area (Å²) in [7, 11) is 0. The van der Waals surface area contributed by atoms with Crippen molar-refractivity contribution in [3.63, 3.8) is 0 Å². The summed E-state index contributed by atoms with van der Waals surface area (Å²) < 4.78 is 6.20. The Morgan fingerprint density at radius 3 is 3.31 bits per heavy atom. The second kappa shape index (κ2) is 4.65. The van der Waals surface area contributed by atoms with Gasteiger partial charge < -0.3 is 4.74 Å². The molecule has 1 aromatic rings. The van der Waals surface area contributed by atoms with E-state index < -0.39 is 5.38 Å². The fourth-order valence-corrected chi connectivity index (χ4v) is 2.30. The van der Waals surface area contributed by atoms with E-state index in [2.05, 4.69) is 9.72 Å². The number of carbonyl (C=O) groups is 1. The molecule has 1 aromatic heterocycles. The number of hydrogen-bond acceptors (Lipinski definition) is 4. The number of fused-ring (bicyclic) bond motifs is 1. The summed E-state index contributed by atoms with van der Waals surface area (Å²) in [5.74, 6) is 0.745. The quantitative estimate of drug-likeness (QED) is 0.570. The number of nitrogens with zero attached hydrogens (tertiary/aromatic N) is 2.